The van der Waals surface area contributed by atoms with Gasteiger partial charge >= 0.3 is 5.97 Å². The minimum Gasteiger partial charge on any atom is -0.468 e. The molecule has 1 aliphatic heterocycles. The Morgan fingerprint density at radius 3 is 2.59 bits per heavy atom. The number of hydrogen-bond acceptors (Lipinski definition) is 4. The van der Waals surface area contributed by atoms with Crippen LogP contribution in [-0.2, 0) is 14.9 Å². The van der Waals surface area contributed by atoms with Gasteiger partial charge in [-0.05, 0) is 24.5 Å². The number of carbonyl (C=O) groups excluding carboxylic acids is 1. The standard InChI is InChI=1S/C12H11ClO4/c1-15-11(14)12(2-3-12)7-4-9-10(5-8(7)13)17-6-16-9/h4-5H,2-3,6H2,1H3. The first-order chi connectivity index (χ1) is 8.17. The Balaban J connectivity index is 2.07. The van der Waals surface area contributed by atoms with Gasteiger partial charge in [-0.15, -0.1) is 0 Å². The molecular weight excluding hydrogens is 244 g/mol. The highest BCUT2D eigenvalue weighted by molar-refractivity contribution is 6.32. The van der Waals surface area contributed by atoms with Crippen molar-refractivity contribution >= 4 is 17.6 Å². The zero-order chi connectivity index (χ0) is 12.0. The summed E-state index contributed by atoms with van der Waals surface area (Å²) in [5, 5.41) is 0.525. The lowest BCUT2D eigenvalue weighted by Crippen LogP contribution is -2.22. The van der Waals surface area contributed by atoms with Crippen LogP contribution in [0.25, 0.3) is 0 Å². The number of ether oxygens (including phenoxy) is 3. The van der Waals surface area contributed by atoms with Crippen LogP contribution in [0.1, 0.15) is 18.4 Å². The molecule has 90 valence electrons. The van der Waals surface area contributed by atoms with Gasteiger partial charge in [0, 0.05) is 11.1 Å². The Labute approximate surface area is 103 Å². The van der Waals surface area contributed by atoms with Gasteiger partial charge in [0.2, 0.25) is 6.79 Å². The van der Waals surface area contributed by atoms with Gasteiger partial charge in [0.1, 0.15) is 0 Å². The van der Waals surface area contributed by atoms with Crippen LogP contribution in [0.4, 0.5) is 0 Å². The van der Waals surface area contributed by atoms with E-state index in [1.54, 1.807) is 12.1 Å². The first-order valence-corrected chi connectivity index (χ1v) is 5.73. The molecule has 0 amide bonds. The lowest BCUT2D eigenvalue weighted by molar-refractivity contribution is -0.143. The zero-order valence-electron chi connectivity index (χ0n) is 9.29. The van der Waals surface area contributed by atoms with Crippen LogP contribution < -0.4 is 9.47 Å². The van der Waals surface area contributed by atoms with E-state index in [9.17, 15) is 4.79 Å². The third kappa shape index (κ3) is 1.47. The monoisotopic (exact) mass is 254 g/mol. The molecule has 17 heavy (non-hydrogen) atoms. The molecule has 0 spiro atoms. The van der Waals surface area contributed by atoms with Crippen molar-refractivity contribution in [2.75, 3.05) is 13.9 Å². The number of fused-ring (bicyclic) bond motifs is 1. The molecule has 0 aromatic heterocycles. The van der Waals surface area contributed by atoms with Crippen molar-refractivity contribution in [1.29, 1.82) is 0 Å². The third-order valence-corrected chi connectivity index (χ3v) is 3.62. The molecule has 0 unspecified atom stereocenters. The van der Waals surface area contributed by atoms with Crippen molar-refractivity contribution in [3.05, 3.63) is 22.7 Å². The lowest BCUT2D eigenvalue weighted by atomic mass is 9.95. The average Bonchev–Trinajstić information content (AvgIpc) is 3.01. The van der Waals surface area contributed by atoms with Crippen LogP contribution >= 0.6 is 11.6 Å². The molecule has 1 aliphatic carbocycles. The van der Waals surface area contributed by atoms with Gasteiger partial charge < -0.3 is 14.2 Å². The van der Waals surface area contributed by atoms with Crippen molar-refractivity contribution in [1.82, 2.24) is 0 Å². The molecule has 4 nitrogen and oxygen atoms in total. The summed E-state index contributed by atoms with van der Waals surface area (Å²) in [6, 6.07) is 3.48. The molecule has 0 N–H and O–H groups in total. The maximum atomic E-state index is 11.8. The smallest absolute Gasteiger partial charge is 0.316 e. The van der Waals surface area contributed by atoms with E-state index in [2.05, 4.69) is 0 Å². The lowest BCUT2D eigenvalue weighted by Gasteiger charge is -2.15. The number of hydrogen-bond donors (Lipinski definition) is 0. The Kier molecular flexibility index (Phi) is 2.23. The van der Waals surface area contributed by atoms with Crippen molar-refractivity contribution in [2.45, 2.75) is 18.3 Å². The summed E-state index contributed by atoms with van der Waals surface area (Å²) in [7, 11) is 1.39. The van der Waals surface area contributed by atoms with E-state index >= 15 is 0 Å². The second-order valence-electron chi connectivity index (χ2n) is 4.26. The van der Waals surface area contributed by atoms with Crippen molar-refractivity contribution < 1.29 is 19.0 Å². The first-order valence-electron chi connectivity index (χ1n) is 5.35. The van der Waals surface area contributed by atoms with Gasteiger partial charge in [0.25, 0.3) is 0 Å². The molecule has 0 bridgehead atoms. The molecule has 2 aliphatic rings. The van der Waals surface area contributed by atoms with Crippen molar-refractivity contribution in [3.8, 4) is 11.5 Å². The Hall–Kier alpha value is -1.42. The highest BCUT2D eigenvalue weighted by Gasteiger charge is 2.54. The predicted molar refractivity (Wildman–Crippen MR) is 60.5 cm³/mol. The van der Waals surface area contributed by atoms with Crippen molar-refractivity contribution in [3.63, 3.8) is 0 Å². The van der Waals surface area contributed by atoms with E-state index in [1.807, 2.05) is 0 Å². The second-order valence-corrected chi connectivity index (χ2v) is 4.67. The van der Waals surface area contributed by atoms with Gasteiger partial charge in [0.15, 0.2) is 11.5 Å². The fourth-order valence-electron chi connectivity index (χ4n) is 2.19. The summed E-state index contributed by atoms with van der Waals surface area (Å²) < 4.78 is 15.4. The summed E-state index contributed by atoms with van der Waals surface area (Å²) in [6.45, 7) is 0.195. The molecule has 3 rings (SSSR count). The van der Waals surface area contributed by atoms with Gasteiger partial charge in [-0.3, -0.25) is 4.79 Å². The molecule has 1 saturated carbocycles. The minimum atomic E-state index is -0.577. The molecule has 1 fully saturated rings. The van der Waals surface area contributed by atoms with Crippen LogP contribution in [0.5, 0.6) is 11.5 Å². The third-order valence-electron chi connectivity index (χ3n) is 3.30. The summed E-state index contributed by atoms with van der Waals surface area (Å²) in [4.78, 5) is 11.8. The molecular formula is C12H11ClO4. The van der Waals surface area contributed by atoms with E-state index in [-0.39, 0.29) is 12.8 Å². The van der Waals surface area contributed by atoms with Crippen molar-refractivity contribution in [2.24, 2.45) is 0 Å². The largest absolute Gasteiger partial charge is 0.468 e. The van der Waals surface area contributed by atoms with E-state index in [4.69, 9.17) is 25.8 Å². The van der Waals surface area contributed by atoms with Crippen LogP contribution in [-0.4, -0.2) is 19.9 Å². The zero-order valence-corrected chi connectivity index (χ0v) is 10.0. The summed E-state index contributed by atoms with van der Waals surface area (Å²) >= 11 is 6.19. The predicted octanol–water partition coefficient (Wildman–Crippen LogP) is 2.27. The summed E-state index contributed by atoms with van der Waals surface area (Å²) in [5.41, 5.74) is 0.197. The summed E-state index contributed by atoms with van der Waals surface area (Å²) in [6.07, 6.45) is 1.53. The number of benzene rings is 1. The maximum Gasteiger partial charge on any atom is 0.316 e. The van der Waals surface area contributed by atoms with E-state index in [0.717, 1.165) is 18.4 Å². The van der Waals surface area contributed by atoms with Crippen LogP contribution in [0.15, 0.2) is 12.1 Å². The molecule has 0 radical (unpaired) electrons. The quantitative estimate of drug-likeness (QED) is 0.760. The number of rotatable bonds is 2. The fourth-order valence-corrected chi connectivity index (χ4v) is 2.52. The molecule has 0 saturated heterocycles. The molecule has 1 heterocycles. The Bertz CT molecular complexity index is 494. The average molecular weight is 255 g/mol. The molecule has 0 atom stereocenters. The topological polar surface area (TPSA) is 44.8 Å². The normalized spacial score (nSPS) is 18.9. The number of halogens is 1. The number of methoxy groups -OCH3 is 1. The van der Waals surface area contributed by atoms with Crippen LogP contribution in [0.3, 0.4) is 0 Å². The maximum absolute atomic E-state index is 11.8. The van der Waals surface area contributed by atoms with E-state index < -0.39 is 5.41 Å². The number of esters is 1. The SMILES string of the molecule is COC(=O)C1(c2cc3c(cc2Cl)OCO3)CC1. The van der Waals surface area contributed by atoms with Gasteiger partial charge in [-0.1, -0.05) is 11.6 Å². The first kappa shape index (κ1) is 10.7. The second kappa shape index (κ2) is 3.53. The Morgan fingerprint density at radius 1 is 1.35 bits per heavy atom. The van der Waals surface area contributed by atoms with Gasteiger partial charge in [-0.25, -0.2) is 0 Å². The van der Waals surface area contributed by atoms with E-state index in [1.165, 1.54) is 7.11 Å². The Morgan fingerprint density at radius 2 is 2.00 bits per heavy atom. The molecule has 5 heteroatoms. The fraction of sp³-hybridized carbons (Fsp3) is 0.417. The minimum absolute atomic E-state index is 0.195. The highest BCUT2D eigenvalue weighted by atomic mass is 35.5. The van der Waals surface area contributed by atoms with Gasteiger partial charge in [0.05, 0.1) is 12.5 Å². The van der Waals surface area contributed by atoms with E-state index in [0.29, 0.717) is 16.5 Å². The number of carbonyl (C=O) groups is 1. The summed E-state index contributed by atoms with van der Waals surface area (Å²) in [5.74, 6) is 1.03. The van der Waals surface area contributed by atoms with Crippen LogP contribution in [0, 0.1) is 0 Å². The molecule has 1 aromatic carbocycles. The van der Waals surface area contributed by atoms with Gasteiger partial charge in [-0.2, -0.15) is 0 Å². The molecule has 1 aromatic rings. The van der Waals surface area contributed by atoms with Crippen LogP contribution in [0.2, 0.25) is 5.02 Å². The highest BCUT2D eigenvalue weighted by Crippen LogP contribution is 2.53.